The summed E-state index contributed by atoms with van der Waals surface area (Å²) in [6, 6.07) is 34.8. The van der Waals surface area contributed by atoms with E-state index >= 15 is 0 Å². The summed E-state index contributed by atoms with van der Waals surface area (Å²) in [5, 5.41) is 0. The van der Waals surface area contributed by atoms with Crippen molar-refractivity contribution in [3.05, 3.63) is 126 Å². The smallest absolute Gasteiger partial charge is 0.164 e. The van der Waals surface area contributed by atoms with Crippen molar-refractivity contribution in [2.45, 2.75) is 105 Å². The van der Waals surface area contributed by atoms with E-state index in [1.54, 1.807) is 0 Å². The maximum absolute atomic E-state index is 5.20. The van der Waals surface area contributed by atoms with Gasteiger partial charge >= 0.3 is 0 Å². The quantitative estimate of drug-likeness (QED) is 0.163. The Morgan fingerprint density at radius 1 is 0.241 bits per heavy atom. The third kappa shape index (κ3) is 8.89. The van der Waals surface area contributed by atoms with Gasteiger partial charge in [0.05, 0.1) is 0 Å². The van der Waals surface area contributed by atoms with Crippen molar-refractivity contribution in [2.75, 3.05) is 0 Å². The molecule has 3 aromatic heterocycles. The standard InChI is InChI=1S/C49H53N9/c1-46(2,3)42-53-40(54-43(57-42)47(4,5)6)35-27-34(28-36(29-35)41-55-44(48(7,8)9)58-45(56-41)49(10,11)12)39-51-37(31-22-17-14-18-23-31)50-38(52-39)33-25-19-24-32(26-33)30-20-15-13-16-21-30/h13-29H,1-12H3. The molecule has 0 fully saturated rings. The minimum Gasteiger partial charge on any atom is -0.217 e. The summed E-state index contributed by atoms with van der Waals surface area (Å²) in [5.41, 5.74) is 4.95. The van der Waals surface area contributed by atoms with Gasteiger partial charge in [-0.25, -0.2) is 44.9 Å². The summed E-state index contributed by atoms with van der Waals surface area (Å²) in [7, 11) is 0. The Hall–Kier alpha value is -6.09. The lowest BCUT2D eigenvalue weighted by Gasteiger charge is -2.23. The molecule has 9 heteroatoms. The van der Waals surface area contributed by atoms with Gasteiger partial charge in [0.15, 0.2) is 29.1 Å². The Morgan fingerprint density at radius 3 is 0.897 bits per heavy atom. The van der Waals surface area contributed by atoms with E-state index in [1.165, 1.54) is 0 Å². The van der Waals surface area contributed by atoms with Gasteiger partial charge in [-0.2, -0.15) is 0 Å². The number of benzene rings is 4. The van der Waals surface area contributed by atoms with Crippen LogP contribution >= 0.6 is 0 Å². The molecule has 4 aromatic carbocycles. The number of nitrogens with zero attached hydrogens (tertiary/aromatic N) is 9. The molecule has 0 N–H and O–H groups in total. The van der Waals surface area contributed by atoms with Gasteiger partial charge in [-0.15, -0.1) is 0 Å². The van der Waals surface area contributed by atoms with Crippen molar-refractivity contribution < 1.29 is 0 Å². The van der Waals surface area contributed by atoms with Gasteiger partial charge in [0.25, 0.3) is 0 Å². The van der Waals surface area contributed by atoms with E-state index in [0.29, 0.717) is 52.4 Å². The van der Waals surface area contributed by atoms with Crippen LogP contribution in [-0.4, -0.2) is 44.9 Å². The molecule has 0 saturated heterocycles. The molecule has 0 amide bonds. The minimum atomic E-state index is -0.322. The topological polar surface area (TPSA) is 116 Å². The lowest BCUT2D eigenvalue weighted by atomic mass is 9.92. The lowest BCUT2D eigenvalue weighted by Crippen LogP contribution is -2.24. The van der Waals surface area contributed by atoms with Crippen LogP contribution in [0.5, 0.6) is 0 Å². The van der Waals surface area contributed by atoms with Crippen LogP contribution in [-0.2, 0) is 21.7 Å². The van der Waals surface area contributed by atoms with Crippen LogP contribution in [0, 0.1) is 0 Å². The molecule has 58 heavy (non-hydrogen) atoms. The Kier molecular flexibility index (Phi) is 10.4. The number of hydrogen-bond acceptors (Lipinski definition) is 9. The number of aromatic nitrogens is 9. The van der Waals surface area contributed by atoms with Crippen LogP contribution in [0.2, 0.25) is 0 Å². The van der Waals surface area contributed by atoms with E-state index in [2.05, 4.69) is 126 Å². The molecule has 3 heterocycles. The first kappa shape index (κ1) is 40.1. The molecule has 0 spiro atoms. The zero-order chi connectivity index (χ0) is 41.6. The van der Waals surface area contributed by atoms with Crippen molar-refractivity contribution in [1.29, 1.82) is 0 Å². The zero-order valence-electron chi connectivity index (χ0n) is 35.8. The summed E-state index contributed by atoms with van der Waals surface area (Å²) in [6.07, 6.45) is 0. The molecular formula is C49H53N9. The van der Waals surface area contributed by atoms with Crippen molar-refractivity contribution in [3.8, 4) is 68.1 Å². The van der Waals surface area contributed by atoms with Gasteiger partial charge in [-0.3, -0.25) is 0 Å². The highest BCUT2D eigenvalue weighted by molar-refractivity contribution is 5.77. The molecule has 0 unspecified atom stereocenters. The van der Waals surface area contributed by atoms with Gasteiger partial charge in [0, 0.05) is 49.5 Å². The van der Waals surface area contributed by atoms with Gasteiger partial charge in [0.2, 0.25) is 0 Å². The molecular weight excluding hydrogens is 715 g/mol. The molecule has 0 saturated carbocycles. The Balaban J connectivity index is 1.53. The molecule has 7 rings (SSSR count). The first-order valence-corrected chi connectivity index (χ1v) is 19.9. The van der Waals surface area contributed by atoms with Gasteiger partial charge in [0.1, 0.15) is 23.3 Å². The summed E-state index contributed by atoms with van der Waals surface area (Å²) in [4.78, 5) is 45.8. The van der Waals surface area contributed by atoms with Crippen LogP contribution in [0.3, 0.4) is 0 Å². The van der Waals surface area contributed by atoms with E-state index < -0.39 is 0 Å². The largest absolute Gasteiger partial charge is 0.217 e. The third-order valence-corrected chi connectivity index (χ3v) is 9.56. The molecule has 0 radical (unpaired) electrons. The predicted octanol–water partition coefficient (Wildman–Crippen LogP) is 11.4. The van der Waals surface area contributed by atoms with Crippen LogP contribution in [0.1, 0.15) is 106 Å². The monoisotopic (exact) mass is 767 g/mol. The van der Waals surface area contributed by atoms with Crippen LogP contribution < -0.4 is 0 Å². The second-order valence-electron chi connectivity index (χ2n) is 19.0. The lowest BCUT2D eigenvalue weighted by molar-refractivity contribution is 0.497. The molecule has 0 aliphatic heterocycles. The molecule has 294 valence electrons. The fraction of sp³-hybridized carbons (Fsp3) is 0.327. The third-order valence-electron chi connectivity index (χ3n) is 9.56. The second-order valence-corrected chi connectivity index (χ2v) is 19.0. The van der Waals surface area contributed by atoms with E-state index in [9.17, 15) is 0 Å². The fourth-order valence-corrected chi connectivity index (χ4v) is 6.19. The first-order chi connectivity index (χ1) is 27.2. The highest BCUT2D eigenvalue weighted by Crippen LogP contribution is 2.35. The summed E-state index contributed by atoms with van der Waals surface area (Å²) in [6.45, 7) is 25.5. The number of hydrogen-bond donors (Lipinski definition) is 0. The average Bonchev–Trinajstić information content (AvgIpc) is 3.19. The highest BCUT2D eigenvalue weighted by atomic mass is 15.1. The molecule has 0 bridgehead atoms. The minimum absolute atomic E-state index is 0.322. The first-order valence-electron chi connectivity index (χ1n) is 19.9. The van der Waals surface area contributed by atoms with Crippen molar-refractivity contribution in [3.63, 3.8) is 0 Å². The predicted molar refractivity (Wildman–Crippen MR) is 234 cm³/mol. The Bertz CT molecular complexity index is 2430. The molecule has 0 aliphatic rings. The fourth-order valence-electron chi connectivity index (χ4n) is 6.19. The number of rotatable bonds is 6. The summed E-state index contributed by atoms with van der Waals surface area (Å²) in [5.74, 6) is 5.59. The van der Waals surface area contributed by atoms with Gasteiger partial charge in [-0.05, 0) is 35.4 Å². The Labute approximate surface area is 343 Å². The molecule has 9 nitrogen and oxygen atoms in total. The maximum Gasteiger partial charge on any atom is 0.164 e. The normalized spacial score (nSPS) is 12.5. The summed E-state index contributed by atoms with van der Waals surface area (Å²) >= 11 is 0. The van der Waals surface area contributed by atoms with Crippen LogP contribution in [0.4, 0.5) is 0 Å². The molecule has 7 aromatic rings. The van der Waals surface area contributed by atoms with Crippen molar-refractivity contribution in [2.24, 2.45) is 0 Å². The van der Waals surface area contributed by atoms with Crippen molar-refractivity contribution >= 4 is 0 Å². The SMILES string of the molecule is CC(C)(C)c1nc(-c2cc(-c3nc(-c4ccccc4)nc(-c4cccc(-c5ccccc5)c4)n3)cc(-c3nc(C(C)(C)C)nc(C(C)(C)C)n3)c2)nc(C(C)(C)C)n1. The molecule has 0 aliphatic carbocycles. The average molecular weight is 768 g/mol. The van der Waals surface area contributed by atoms with E-state index in [-0.39, 0.29) is 21.7 Å². The maximum atomic E-state index is 5.20. The van der Waals surface area contributed by atoms with Crippen molar-refractivity contribution in [1.82, 2.24) is 44.9 Å². The van der Waals surface area contributed by atoms with E-state index in [0.717, 1.165) is 38.9 Å². The van der Waals surface area contributed by atoms with Gasteiger partial charge in [-0.1, -0.05) is 162 Å². The zero-order valence-corrected chi connectivity index (χ0v) is 35.8. The Morgan fingerprint density at radius 2 is 0.517 bits per heavy atom. The van der Waals surface area contributed by atoms with Crippen LogP contribution in [0.15, 0.2) is 103 Å². The van der Waals surface area contributed by atoms with Crippen LogP contribution in [0.25, 0.3) is 68.1 Å². The van der Waals surface area contributed by atoms with Gasteiger partial charge < -0.3 is 0 Å². The second kappa shape index (κ2) is 15.0. The highest BCUT2D eigenvalue weighted by Gasteiger charge is 2.28. The van der Waals surface area contributed by atoms with E-state index in [4.69, 9.17) is 44.9 Å². The van der Waals surface area contributed by atoms with E-state index in [1.807, 2.05) is 60.7 Å². The molecule has 0 atom stereocenters. The summed E-state index contributed by atoms with van der Waals surface area (Å²) < 4.78 is 0.